The number of methoxy groups -OCH3 is 1. The molecular formula is C24H29NO5. The van der Waals surface area contributed by atoms with Crippen LogP contribution in [0.3, 0.4) is 0 Å². The van der Waals surface area contributed by atoms with Crippen molar-refractivity contribution in [3.63, 3.8) is 0 Å². The Morgan fingerprint density at radius 1 is 1.20 bits per heavy atom. The van der Waals surface area contributed by atoms with Crippen molar-refractivity contribution < 1.29 is 23.7 Å². The Morgan fingerprint density at radius 3 is 2.77 bits per heavy atom. The molecule has 6 nitrogen and oxygen atoms in total. The van der Waals surface area contributed by atoms with Crippen molar-refractivity contribution in [2.45, 2.75) is 39.8 Å². The van der Waals surface area contributed by atoms with Crippen LogP contribution < -0.4 is 24.3 Å². The summed E-state index contributed by atoms with van der Waals surface area (Å²) < 4.78 is 22.6. The van der Waals surface area contributed by atoms with Gasteiger partial charge in [0.1, 0.15) is 17.6 Å². The van der Waals surface area contributed by atoms with Crippen LogP contribution in [0.2, 0.25) is 0 Å². The first-order chi connectivity index (χ1) is 14.5. The molecule has 0 unspecified atom stereocenters. The highest BCUT2D eigenvalue weighted by molar-refractivity contribution is 5.77. The molecule has 0 saturated carbocycles. The van der Waals surface area contributed by atoms with E-state index in [1.54, 1.807) is 13.2 Å². The van der Waals surface area contributed by atoms with Crippen molar-refractivity contribution in [3.05, 3.63) is 53.1 Å². The maximum atomic E-state index is 12.4. The van der Waals surface area contributed by atoms with E-state index in [9.17, 15) is 4.79 Å². The average molecular weight is 411 g/mol. The quantitative estimate of drug-likeness (QED) is 0.672. The maximum absolute atomic E-state index is 12.4. The molecule has 1 atom stereocenters. The van der Waals surface area contributed by atoms with E-state index in [-0.39, 0.29) is 18.6 Å². The minimum atomic E-state index is -0.230. The summed E-state index contributed by atoms with van der Waals surface area (Å²) in [4.78, 5) is 12.4. The number of rotatable bonds is 9. The molecular weight excluding hydrogens is 382 g/mol. The lowest BCUT2D eigenvalue weighted by atomic mass is 10.1. The van der Waals surface area contributed by atoms with Gasteiger partial charge in [0.25, 0.3) is 5.91 Å². The monoisotopic (exact) mass is 411 g/mol. The van der Waals surface area contributed by atoms with Crippen LogP contribution >= 0.6 is 0 Å². The molecule has 0 radical (unpaired) electrons. The molecule has 0 saturated heterocycles. The summed E-state index contributed by atoms with van der Waals surface area (Å²) in [6, 6.07) is 9.54. The number of ether oxygens (including phenoxy) is 4. The van der Waals surface area contributed by atoms with Crippen LogP contribution in [0.15, 0.2) is 36.4 Å². The first-order valence-corrected chi connectivity index (χ1v) is 10.2. The Labute approximate surface area is 177 Å². The van der Waals surface area contributed by atoms with Crippen LogP contribution in [0.4, 0.5) is 0 Å². The summed E-state index contributed by atoms with van der Waals surface area (Å²) in [7, 11) is 1.58. The number of carbonyl (C=O) groups excluding carboxylic acids is 1. The summed E-state index contributed by atoms with van der Waals surface area (Å²) in [6.07, 6.45) is 4.94. The molecule has 160 valence electrons. The van der Waals surface area contributed by atoms with Crippen molar-refractivity contribution in [1.29, 1.82) is 0 Å². The molecule has 0 aromatic heterocycles. The van der Waals surface area contributed by atoms with E-state index >= 15 is 0 Å². The molecule has 2 aromatic rings. The van der Waals surface area contributed by atoms with Crippen LogP contribution in [0.5, 0.6) is 23.0 Å². The number of carbonyl (C=O) groups is 1. The average Bonchev–Trinajstić information content (AvgIpc) is 3.10. The normalized spacial score (nSPS) is 14.9. The minimum absolute atomic E-state index is 0.109. The van der Waals surface area contributed by atoms with Gasteiger partial charge in [-0.05, 0) is 50.6 Å². The molecule has 0 spiro atoms. The largest absolute Gasteiger partial charge is 0.494 e. The van der Waals surface area contributed by atoms with Crippen LogP contribution in [-0.4, -0.2) is 32.3 Å². The number of allylic oxidation sites excluding steroid dienone is 1. The van der Waals surface area contributed by atoms with Gasteiger partial charge in [0.15, 0.2) is 18.1 Å². The van der Waals surface area contributed by atoms with Gasteiger partial charge in [-0.3, -0.25) is 4.79 Å². The van der Waals surface area contributed by atoms with Gasteiger partial charge in [-0.25, -0.2) is 0 Å². The third-order valence-corrected chi connectivity index (χ3v) is 4.76. The molecule has 6 heteroatoms. The predicted molar refractivity (Wildman–Crippen MR) is 116 cm³/mol. The van der Waals surface area contributed by atoms with E-state index < -0.39 is 0 Å². The van der Waals surface area contributed by atoms with Crippen molar-refractivity contribution in [3.8, 4) is 23.0 Å². The number of benzene rings is 2. The Kier molecular flexibility index (Phi) is 7.22. The molecule has 1 amide bonds. The van der Waals surface area contributed by atoms with Crippen molar-refractivity contribution in [1.82, 2.24) is 5.32 Å². The summed E-state index contributed by atoms with van der Waals surface area (Å²) in [5.74, 6) is 2.51. The lowest BCUT2D eigenvalue weighted by Gasteiger charge is -2.14. The van der Waals surface area contributed by atoms with Crippen molar-refractivity contribution >= 4 is 12.0 Å². The fraction of sp³-hybridized carbons (Fsp3) is 0.375. The Morgan fingerprint density at radius 2 is 2.03 bits per heavy atom. The van der Waals surface area contributed by atoms with Gasteiger partial charge >= 0.3 is 0 Å². The van der Waals surface area contributed by atoms with Crippen molar-refractivity contribution in [2.75, 3.05) is 20.3 Å². The van der Waals surface area contributed by atoms with Crippen LogP contribution in [0, 0.1) is 0 Å². The molecule has 3 rings (SSSR count). The summed E-state index contributed by atoms with van der Waals surface area (Å²) in [5, 5.41) is 2.89. The fourth-order valence-corrected chi connectivity index (χ4v) is 3.40. The Balaban J connectivity index is 1.61. The van der Waals surface area contributed by atoms with Crippen LogP contribution in [0.25, 0.3) is 6.08 Å². The molecule has 1 heterocycles. The molecule has 1 aliphatic heterocycles. The molecule has 0 bridgehead atoms. The number of hydrogen-bond acceptors (Lipinski definition) is 5. The van der Waals surface area contributed by atoms with E-state index in [1.807, 2.05) is 57.2 Å². The van der Waals surface area contributed by atoms with Gasteiger partial charge in [0.2, 0.25) is 0 Å². The number of hydrogen-bond donors (Lipinski definition) is 1. The SMILES string of the molecule is C/C=C/c1ccc(OCC(=O)NCc2cc3c(cc2OCC)C[C@H](C)O3)c(OC)c1. The first-order valence-electron chi connectivity index (χ1n) is 10.2. The zero-order chi connectivity index (χ0) is 21.5. The second kappa shape index (κ2) is 10.1. The topological polar surface area (TPSA) is 66.0 Å². The Bertz CT molecular complexity index is 922. The second-order valence-electron chi connectivity index (χ2n) is 7.11. The number of amides is 1. The number of fused-ring (bicyclic) bond motifs is 1. The van der Waals surface area contributed by atoms with Gasteiger partial charge in [-0.1, -0.05) is 18.2 Å². The fourth-order valence-electron chi connectivity index (χ4n) is 3.40. The lowest BCUT2D eigenvalue weighted by molar-refractivity contribution is -0.123. The zero-order valence-corrected chi connectivity index (χ0v) is 18.0. The summed E-state index contributed by atoms with van der Waals surface area (Å²) in [5.41, 5.74) is 3.02. The maximum Gasteiger partial charge on any atom is 0.258 e. The van der Waals surface area contributed by atoms with E-state index in [4.69, 9.17) is 18.9 Å². The third-order valence-electron chi connectivity index (χ3n) is 4.76. The third kappa shape index (κ3) is 5.26. The van der Waals surface area contributed by atoms with E-state index in [0.717, 1.165) is 34.6 Å². The molecule has 2 aromatic carbocycles. The van der Waals surface area contributed by atoms with E-state index in [1.165, 1.54) is 0 Å². The molecule has 1 aliphatic rings. The van der Waals surface area contributed by atoms with Crippen LogP contribution in [-0.2, 0) is 17.8 Å². The molecule has 0 fully saturated rings. The van der Waals surface area contributed by atoms with E-state index in [0.29, 0.717) is 24.7 Å². The van der Waals surface area contributed by atoms with Crippen molar-refractivity contribution in [2.24, 2.45) is 0 Å². The standard InChI is InChI=1S/C24H29NO5/c1-5-7-17-8-9-20(23(11-17)27-4)29-15-24(26)25-14-19-13-22-18(10-16(3)30-22)12-21(19)28-6-2/h5,7-9,11-13,16H,6,10,14-15H2,1-4H3,(H,25,26)/b7-5+/t16-/m0/s1. The number of nitrogens with one attached hydrogen (secondary N) is 1. The van der Waals surface area contributed by atoms with Crippen LogP contribution in [0.1, 0.15) is 37.5 Å². The lowest BCUT2D eigenvalue weighted by Crippen LogP contribution is -2.28. The van der Waals surface area contributed by atoms with E-state index in [2.05, 4.69) is 5.32 Å². The highest BCUT2D eigenvalue weighted by Gasteiger charge is 2.22. The molecule has 1 N–H and O–H groups in total. The Hall–Kier alpha value is -3.15. The highest BCUT2D eigenvalue weighted by Crippen LogP contribution is 2.35. The van der Waals surface area contributed by atoms with Gasteiger partial charge in [-0.2, -0.15) is 0 Å². The van der Waals surface area contributed by atoms with Gasteiger partial charge in [0, 0.05) is 24.1 Å². The molecule has 30 heavy (non-hydrogen) atoms. The molecule has 0 aliphatic carbocycles. The smallest absolute Gasteiger partial charge is 0.258 e. The summed E-state index contributed by atoms with van der Waals surface area (Å²) >= 11 is 0. The van der Waals surface area contributed by atoms with Gasteiger partial charge in [0.05, 0.1) is 13.7 Å². The predicted octanol–water partition coefficient (Wildman–Crippen LogP) is 4.15. The highest BCUT2D eigenvalue weighted by atomic mass is 16.5. The first kappa shape index (κ1) is 21.6. The van der Waals surface area contributed by atoms with Gasteiger partial charge in [-0.15, -0.1) is 0 Å². The second-order valence-corrected chi connectivity index (χ2v) is 7.11. The minimum Gasteiger partial charge on any atom is -0.494 e. The zero-order valence-electron chi connectivity index (χ0n) is 18.0. The van der Waals surface area contributed by atoms with Gasteiger partial charge < -0.3 is 24.3 Å². The summed E-state index contributed by atoms with van der Waals surface area (Å²) in [6.45, 7) is 6.71.